The van der Waals surface area contributed by atoms with Gasteiger partial charge in [0.05, 0.1) is 15.5 Å². The lowest BCUT2D eigenvalue weighted by atomic mass is 10.1. The molecule has 5 rings (SSSR count). The Hall–Kier alpha value is -3.61. The number of thiophene rings is 1. The molecule has 1 amide bonds. The van der Waals surface area contributed by atoms with E-state index >= 15 is 0 Å². The molecule has 0 saturated carbocycles. The van der Waals surface area contributed by atoms with Crippen LogP contribution in [0, 0.1) is 0 Å². The molecule has 0 spiro atoms. The van der Waals surface area contributed by atoms with Gasteiger partial charge in [0.25, 0.3) is 11.5 Å². The fraction of sp³-hybridized carbons (Fsp3) is 0.308. The van der Waals surface area contributed by atoms with E-state index in [4.69, 9.17) is 0 Å². The molecule has 3 aromatic heterocycles. The first-order chi connectivity index (χ1) is 18.2. The van der Waals surface area contributed by atoms with Crippen LogP contribution in [-0.2, 0) is 10.0 Å². The number of anilines is 1. The Morgan fingerprint density at radius 3 is 2.47 bits per heavy atom. The minimum absolute atomic E-state index is 0.0150. The topological polar surface area (TPSA) is 130 Å². The number of aromatic amines is 1. The standard InChI is InChI=1S/C26H28N6O4S2/c1-17(2)20-16-24(33)29-26(27-20)32-23(15-21(30-32)22-7-6-14-37-22)28-25(34)18-8-10-19(11-9-18)38(35,36)31-12-4-3-5-13-31/h6-11,14-17H,3-5,12-13H2,1-2H3,(H,28,34)(H,27,29,33). The van der Waals surface area contributed by atoms with Crippen molar-refractivity contribution in [3.63, 3.8) is 0 Å². The third-order valence-electron chi connectivity index (χ3n) is 6.34. The van der Waals surface area contributed by atoms with Crippen LogP contribution in [0.3, 0.4) is 0 Å². The summed E-state index contributed by atoms with van der Waals surface area (Å²) >= 11 is 1.49. The predicted octanol–water partition coefficient (Wildman–Crippen LogP) is 4.23. The number of hydrogen-bond acceptors (Lipinski definition) is 7. The SMILES string of the molecule is CC(C)c1cc(=O)[nH]c(-n2nc(-c3cccs3)cc2NC(=O)c2ccc(S(=O)(=O)N3CCCCC3)cc2)n1. The van der Waals surface area contributed by atoms with Crippen LogP contribution in [0.5, 0.6) is 0 Å². The number of amides is 1. The van der Waals surface area contributed by atoms with Crippen molar-refractivity contribution in [3.05, 3.63) is 75.5 Å². The van der Waals surface area contributed by atoms with Crippen molar-refractivity contribution in [1.82, 2.24) is 24.1 Å². The van der Waals surface area contributed by atoms with Gasteiger partial charge in [0, 0.05) is 30.8 Å². The number of carbonyl (C=O) groups excluding carboxylic acids is 1. The highest BCUT2D eigenvalue weighted by Crippen LogP contribution is 2.28. The molecule has 0 bridgehead atoms. The summed E-state index contributed by atoms with van der Waals surface area (Å²) in [5.74, 6) is 0.0593. The van der Waals surface area contributed by atoms with Gasteiger partial charge < -0.3 is 5.32 Å². The second-order valence-electron chi connectivity index (χ2n) is 9.40. The molecule has 1 aromatic carbocycles. The Morgan fingerprint density at radius 1 is 1.08 bits per heavy atom. The van der Waals surface area contributed by atoms with Gasteiger partial charge in [0.2, 0.25) is 16.0 Å². The van der Waals surface area contributed by atoms with Crippen LogP contribution in [0.25, 0.3) is 16.5 Å². The minimum atomic E-state index is -3.60. The Morgan fingerprint density at radius 2 is 1.82 bits per heavy atom. The predicted molar refractivity (Wildman–Crippen MR) is 146 cm³/mol. The summed E-state index contributed by atoms with van der Waals surface area (Å²) in [6.07, 6.45) is 2.73. The molecule has 0 aliphatic carbocycles. The fourth-order valence-electron chi connectivity index (χ4n) is 4.26. The molecule has 1 saturated heterocycles. The molecule has 0 radical (unpaired) electrons. The van der Waals surface area contributed by atoms with Gasteiger partial charge in [0.15, 0.2) is 0 Å². The molecular weight excluding hydrogens is 524 g/mol. The molecule has 0 unspecified atom stereocenters. The van der Waals surface area contributed by atoms with E-state index in [2.05, 4.69) is 20.4 Å². The Bertz CT molecular complexity index is 1600. The van der Waals surface area contributed by atoms with Gasteiger partial charge in [-0.25, -0.2) is 13.4 Å². The van der Waals surface area contributed by atoms with Crippen molar-refractivity contribution in [2.24, 2.45) is 0 Å². The maximum atomic E-state index is 13.2. The van der Waals surface area contributed by atoms with Crippen LogP contribution in [0.15, 0.2) is 63.6 Å². The van der Waals surface area contributed by atoms with E-state index < -0.39 is 15.9 Å². The summed E-state index contributed by atoms with van der Waals surface area (Å²) in [7, 11) is -3.60. The molecule has 4 aromatic rings. The molecule has 38 heavy (non-hydrogen) atoms. The van der Waals surface area contributed by atoms with E-state index in [9.17, 15) is 18.0 Å². The highest BCUT2D eigenvalue weighted by atomic mass is 32.2. The second-order valence-corrected chi connectivity index (χ2v) is 12.3. The number of carbonyl (C=O) groups is 1. The van der Waals surface area contributed by atoms with Crippen LogP contribution in [0.2, 0.25) is 0 Å². The molecular formula is C26H28N6O4S2. The Labute approximate surface area is 224 Å². The van der Waals surface area contributed by atoms with E-state index in [0.29, 0.717) is 30.3 Å². The maximum absolute atomic E-state index is 13.2. The van der Waals surface area contributed by atoms with Crippen molar-refractivity contribution < 1.29 is 13.2 Å². The van der Waals surface area contributed by atoms with Gasteiger partial charge in [-0.05, 0) is 54.5 Å². The van der Waals surface area contributed by atoms with E-state index in [0.717, 1.165) is 24.1 Å². The normalized spacial score (nSPS) is 14.6. The first kappa shape index (κ1) is 26.0. The zero-order valence-electron chi connectivity index (χ0n) is 21.0. The van der Waals surface area contributed by atoms with Gasteiger partial charge in [0.1, 0.15) is 11.5 Å². The van der Waals surface area contributed by atoms with Crippen LogP contribution >= 0.6 is 11.3 Å². The molecule has 10 nitrogen and oxygen atoms in total. The Kier molecular flexibility index (Phi) is 7.28. The minimum Gasteiger partial charge on any atom is -0.306 e. The summed E-state index contributed by atoms with van der Waals surface area (Å²) < 4.78 is 28.8. The molecule has 1 fully saturated rings. The number of H-pyrrole nitrogens is 1. The highest BCUT2D eigenvalue weighted by Gasteiger charge is 2.26. The summed E-state index contributed by atoms with van der Waals surface area (Å²) in [5.41, 5.74) is 1.16. The van der Waals surface area contributed by atoms with Crippen LogP contribution in [0.1, 0.15) is 55.1 Å². The van der Waals surface area contributed by atoms with Crippen molar-refractivity contribution in [2.45, 2.75) is 43.9 Å². The third kappa shape index (κ3) is 5.33. The average molecular weight is 553 g/mol. The maximum Gasteiger partial charge on any atom is 0.256 e. The largest absolute Gasteiger partial charge is 0.306 e. The quantitative estimate of drug-likeness (QED) is 0.353. The van der Waals surface area contributed by atoms with Crippen LogP contribution < -0.4 is 10.9 Å². The summed E-state index contributed by atoms with van der Waals surface area (Å²) in [6, 6.07) is 12.9. The van der Waals surface area contributed by atoms with E-state index in [1.165, 1.54) is 50.7 Å². The van der Waals surface area contributed by atoms with E-state index in [1.807, 2.05) is 31.4 Å². The highest BCUT2D eigenvalue weighted by molar-refractivity contribution is 7.89. The first-order valence-corrected chi connectivity index (χ1v) is 14.7. The third-order valence-corrected chi connectivity index (χ3v) is 9.14. The Balaban J connectivity index is 1.45. The van der Waals surface area contributed by atoms with Gasteiger partial charge in [-0.1, -0.05) is 26.3 Å². The number of sulfonamides is 1. The van der Waals surface area contributed by atoms with Gasteiger partial charge in [-0.3, -0.25) is 14.6 Å². The van der Waals surface area contributed by atoms with Crippen molar-refractivity contribution >= 4 is 33.1 Å². The number of rotatable bonds is 7. The zero-order chi connectivity index (χ0) is 26.9. The molecule has 4 heterocycles. The summed E-state index contributed by atoms with van der Waals surface area (Å²) in [6.45, 7) is 4.89. The van der Waals surface area contributed by atoms with Gasteiger partial charge in [-0.2, -0.15) is 14.1 Å². The number of aromatic nitrogens is 4. The molecule has 12 heteroatoms. The van der Waals surface area contributed by atoms with Gasteiger partial charge in [-0.15, -0.1) is 11.3 Å². The first-order valence-electron chi connectivity index (χ1n) is 12.4. The second kappa shape index (κ2) is 10.6. The van der Waals surface area contributed by atoms with Crippen LogP contribution in [0.4, 0.5) is 5.82 Å². The number of piperidine rings is 1. The lowest BCUT2D eigenvalue weighted by Crippen LogP contribution is -2.35. The zero-order valence-corrected chi connectivity index (χ0v) is 22.7. The summed E-state index contributed by atoms with van der Waals surface area (Å²) in [5, 5.41) is 9.37. The molecule has 1 aliphatic heterocycles. The van der Waals surface area contributed by atoms with Crippen molar-refractivity contribution in [2.75, 3.05) is 18.4 Å². The van der Waals surface area contributed by atoms with Gasteiger partial charge >= 0.3 is 0 Å². The van der Waals surface area contributed by atoms with Crippen molar-refractivity contribution in [3.8, 4) is 16.5 Å². The molecule has 1 aliphatic rings. The number of hydrogen-bond donors (Lipinski definition) is 2. The van der Waals surface area contributed by atoms with Crippen molar-refractivity contribution in [1.29, 1.82) is 0 Å². The number of nitrogens with one attached hydrogen (secondary N) is 2. The lowest BCUT2D eigenvalue weighted by Gasteiger charge is -2.25. The van der Waals surface area contributed by atoms with E-state index in [-0.39, 0.29) is 27.9 Å². The monoisotopic (exact) mass is 552 g/mol. The molecule has 0 atom stereocenters. The smallest absolute Gasteiger partial charge is 0.256 e. The lowest BCUT2D eigenvalue weighted by molar-refractivity contribution is 0.102. The summed E-state index contributed by atoms with van der Waals surface area (Å²) in [4.78, 5) is 33.8. The molecule has 2 N–H and O–H groups in total. The average Bonchev–Trinajstić information content (AvgIpc) is 3.59. The van der Waals surface area contributed by atoms with Crippen LogP contribution in [-0.4, -0.2) is 51.5 Å². The fourth-order valence-corrected chi connectivity index (χ4v) is 6.46. The number of benzene rings is 1. The molecule has 198 valence electrons. The van der Waals surface area contributed by atoms with E-state index in [1.54, 1.807) is 6.07 Å². The number of nitrogens with zero attached hydrogens (tertiary/aromatic N) is 4.